The lowest BCUT2D eigenvalue weighted by molar-refractivity contribution is -0.123. The van der Waals surface area contributed by atoms with Crippen molar-refractivity contribution >= 4 is 5.78 Å². The molecule has 0 aromatic rings. The number of likely N-dealkylation sites (N-methyl/N-ethyl adjacent to an activating group) is 1. The third kappa shape index (κ3) is 3.08. The van der Waals surface area contributed by atoms with E-state index in [1.165, 1.54) is 32.4 Å². The normalized spacial score (nSPS) is 29.2. The van der Waals surface area contributed by atoms with E-state index in [-0.39, 0.29) is 0 Å². The molecule has 2 aliphatic heterocycles. The molecule has 2 fully saturated rings. The van der Waals surface area contributed by atoms with Crippen LogP contribution in [0.4, 0.5) is 0 Å². The van der Waals surface area contributed by atoms with Crippen molar-refractivity contribution in [3.05, 3.63) is 0 Å². The molecule has 0 amide bonds. The number of nitrogens with zero attached hydrogens (tertiary/aromatic N) is 2. The van der Waals surface area contributed by atoms with E-state index in [4.69, 9.17) is 0 Å². The first-order valence-electron chi connectivity index (χ1n) is 7.24. The molecule has 98 valence electrons. The van der Waals surface area contributed by atoms with Crippen molar-refractivity contribution in [1.82, 2.24) is 9.80 Å². The molecule has 0 N–H and O–H groups in total. The molecule has 0 aromatic carbocycles. The zero-order valence-electron chi connectivity index (χ0n) is 11.3. The van der Waals surface area contributed by atoms with Gasteiger partial charge in [0.25, 0.3) is 0 Å². The Morgan fingerprint density at radius 1 is 1.18 bits per heavy atom. The number of carbonyl (C=O) groups excluding carboxylic acids is 1. The summed E-state index contributed by atoms with van der Waals surface area (Å²) in [4.78, 5) is 16.7. The maximum atomic E-state index is 11.5. The number of piperidine rings is 1. The predicted molar refractivity (Wildman–Crippen MR) is 70.2 cm³/mol. The lowest BCUT2D eigenvalue weighted by Gasteiger charge is -2.35. The smallest absolute Gasteiger partial charge is 0.136 e. The Hall–Kier alpha value is -0.410. The van der Waals surface area contributed by atoms with E-state index in [9.17, 15) is 4.79 Å². The minimum absolute atomic E-state index is 0.495. The van der Waals surface area contributed by atoms with Gasteiger partial charge in [0.05, 0.1) is 0 Å². The summed E-state index contributed by atoms with van der Waals surface area (Å²) in [5.74, 6) is 0.495. The number of fused-ring (bicyclic) bond motifs is 2. The SMILES string of the molecule is CCCN(CC)CCN1C2CCC1CC(=O)C2. The summed E-state index contributed by atoms with van der Waals surface area (Å²) in [6.07, 6.45) is 5.36. The third-order valence-corrected chi connectivity index (χ3v) is 4.36. The lowest BCUT2D eigenvalue weighted by Crippen LogP contribution is -2.46. The number of hydrogen-bond acceptors (Lipinski definition) is 3. The highest BCUT2D eigenvalue weighted by molar-refractivity contribution is 5.80. The zero-order chi connectivity index (χ0) is 12.3. The molecule has 0 aromatic heterocycles. The minimum Gasteiger partial charge on any atom is -0.302 e. The first-order valence-corrected chi connectivity index (χ1v) is 7.24. The van der Waals surface area contributed by atoms with Crippen LogP contribution in [0.3, 0.4) is 0 Å². The highest BCUT2D eigenvalue weighted by Crippen LogP contribution is 2.33. The first kappa shape index (κ1) is 13.0. The Balaban J connectivity index is 1.81. The van der Waals surface area contributed by atoms with Crippen LogP contribution in [0.25, 0.3) is 0 Å². The zero-order valence-corrected chi connectivity index (χ0v) is 11.3. The summed E-state index contributed by atoms with van der Waals surface area (Å²) in [5.41, 5.74) is 0. The summed E-state index contributed by atoms with van der Waals surface area (Å²) in [6, 6.07) is 1.14. The van der Waals surface area contributed by atoms with Gasteiger partial charge in [-0.05, 0) is 32.4 Å². The van der Waals surface area contributed by atoms with Crippen LogP contribution in [0, 0.1) is 0 Å². The maximum Gasteiger partial charge on any atom is 0.136 e. The van der Waals surface area contributed by atoms with Crippen LogP contribution >= 0.6 is 0 Å². The van der Waals surface area contributed by atoms with E-state index in [2.05, 4.69) is 23.6 Å². The van der Waals surface area contributed by atoms with Gasteiger partial charge in [-0.25, -0.2) is 0 Å². The molecular formula is C14H26N2O. The number of hydrogen-bond donors (Lipinski definition) is 0. The van der Waals surface area contributed by atoms with Crippen LogP contribution in [-0.4, -0.2) is 53.8 Å². The number of rotatable bonds is 6. The molecule has 17 heavy (non-hydrogen) atoms. The van der Waals surface area contributed by atoms with Gasteiger partial charge in [-0.1, -0.05) is 13.8 Å². The van der Waals surface area contributed by atoms with Crippen molar-refractivity contribution < 1.29 is 4.79 Å². The second kappa shape index (κ2) is 5.96. The van der Waals surface area contributed by atoms with E-state index < -0.39 is 0 Å². The van der Waals surface area contributed by atoms with Gasteiger partial charge in [-0.2, -0.15) is 0 Å². The van der Waals surface area contributed by atoms with Gasteiger partial charge in [0.15, 0.2) is 0 Å². The fraction of sp³-hybridized carbons (Fsp3) is 0.929. The molecular weight excluding hydrogens is 212 g/mol. The number of carbonyl (C=O) groups is 1. The largest absolute Gasteiger partial charge is 0.302 e. The van der Waals surface area contributed by atoms with Crippen LogP contribution < -0.4 is 0 Å². The first-order chi connectivity index (χ1) is 8.24. The van der Waals surface area contributed by atoms with Gasteiger partial charge in [0.1, 0.15) is 5.78 Å². The van der Waals surface area contributed by atoms with E-state index >= 15 is 0 Å². The second-order valence-corrected chi connectivity index (χ2v) is 5.50. The van der Waals surface area contributed by atoms with Crippen molar-refractivity contribution in [3.8, 4) is 0 Å². The highest BCUT2D eigenvalue weighted by atomic mass is 16.1. The molecule has 2 aliphatic rings. The van der Waals surface area contributed by atoms with Crippen molar-refractivity contribution in [2.75, 3.05) is 26.2 Å². The molecule has 2 atom stereocenters. The van der Waals surface area contributed by atoms with E-state index in [0.717, 1.165) is 25.9 Å². The third-order valence-electron chi connectivity index (χ3n) is 4.36. The predicted octanol–water partition coefficient (Wildman–Crippen LogP) is 1.91. The van der Waals surface area contributed by atoms with Crippen molar-refractivity contribution in [2.24, 2.45) is 0 Å². The molecule has 0 aliphatic carbocycles. The van der Waals surface area contributed by atoms with E-state index in [0.29, 0.717) is 17.9 Å². The molecule has 2 rings (SSSR count). The van der Waals surface area contributed by atoms with Crippen LogP contribution in [-0.2, 0) is 4.79 Å². The Morgan fingerprint density at radius 3 is 2.35 bits per heavy atom. The van der Waals surface area contributed by atoms with Crippen molar-refractivity contribution in [1.29, 1.82) is 0 Å². The summed E-state index contributed by atoms with van der Waals surface area (Å²) >= 11 is 0. The number of ketones is 1. The lowest BCUT2D eigenvalue weighted by atomic mass is 10.0. The average molecular weight is 238 g/mol. The minimum atomic E-state index is 0.495. The Bertz CT molecular complexity index is 251. The molecule has 0 saturated carbocycles. The molecule has 3 heteroatoms. The topological polar surface area (TPSA) is 23.6 Å². The summed E-state index contributed by atoms with van der Waals surface area (Å²) in [5, 5.41) is 0. The Kier molecular flexibility index (Phi) is 4.57. The number of Topliss-reactive ketones (excluding diaryl/α,β-unsaturated/α-hetero) is 1. The second-order valence-electron chi connectivity index (χ2n) is 5.50. The molecule has 2 heterocycles. The summed E-state index contributed by atoms with van der Waals surface area (Å²) < 4.78 is 0. The molecule has 0 radical (unpaired) electrons. The molecule has 2 bridgehead atoms. The molecule has 2 saturated heterocycles. The van der Waals surface area contributed by atoms with Crippen LogP contribution in [0.15, 0.2) is 0 Å². The van der Waals surface area contributed by atoms with Gasteiger partial charge < -0.3 is 4.90 Å². The van der Waals surface area contributed by atoms with E-state index in [1.54, 1.807) is 0 Å². The van der Waals surface area contributed by atoms with Gasteiger partial charge in [-0.3, -0.25) is 9.69 Å². The van der Waals surface area contributed by atoms with Crippen molar-refractivity contribution in [2.45, 2.75) is 58.0 Å². The summed E-state index contributed by atoms with van der Waals surface area (Å²) in [7, 11) is 0. The summed E-state index contributed by atoms with van der Waals surface area (Å²) in [6.45, 7) is 9.17. The van der Waals surface area contributed by atoms with Crippen LogP contribution in [0.1, 0.15) is 46.0 Å². The monoisotopic (exact) mass is 238 g/mol. The molecule has 2 unspecified atom stereocenters. The van der Waals surface area contributed by atoms with Gasteiger partial charge in [0, 0.05) is 38.0 Å². The Morgan fingerprint density at radius 2 is 1.82 bits per heavy atom. The molecule has 3 nitrogen and oxygen atoms in total. The fourth-order valence-corrected chi connectivity index (χ4v) is 3.43. The van der Waals surface area contributed by atoms with Gasteiger partial charge in [-0.15, -0.1) is 0 Å². The standard InChI is InChI=1S/C14H26N2O/c1-3-7-15(4-2)8-9-16-12-5-6-13(16)11-14(17)10-12/h12-13H,3-11H2,1-2H3. The fourth-order valence-electron chi connectivity index (χ4n) is 3.43. The van der Waals surface area contributed by atoms with Crippen molar-refractivity contribution in [3.63, 3.8) is 0 Å². The molecule has 0 spiro atoms. The van der Waals surface area contributed by atoms with E-state index in [1.807, 2.05) is 0 Å². The maximum absolute atomic E-state index is 11.5. The average Bonchev–Trinajstić information content (AvgIpc) is 2.56. The van der Waals surface area contributed by atoms with Crippen LogP contribution in [0.5, 0.6) is 0 Å². The Labute approximate surface area is 105 Å². The highest BCUT2D eigenvalue weighted by Gasteiger charge is 2.39. The van der Waals surface area contributed by atoms with Gasteiger partial charge >= 0.3 is 0 Å². The van der Waals surface area contributed by atoms with Crippen LogP contribution in [0.2, 0.25) is 0 Å². The quantitative estimate of drug-likeness (QED) is 0.706. The van der Waals surface area contributed by atoms with Gasteiger partial charge in [0.2, 0.25) is 0 Å².